The van der Waals surface area contributed by atoms with E-state index in [1.54, 1.807) is 36.2 Å². The molecule has 0 aromatic heterocycles. The van der Waals surface area contributed by atoms with Crippen LogP contribution < -0.4 is 14.4 Å². The molecule has 8 nitrogen and oxygen atoms in total. The zero-order chi connectivity index (χ0) is 29.1. The highest BCUT2D eigenvalue weighted by Crippen LogP contribution is 2.23. The van der Waals surface area contributed by atoms with E-state index >= 15 is 0 Å². The van der Waals surface area contributed by atoms with Crippen molar-refractivity contribution in [2.45, 2.75) is 45.7 Å². The molecule has 1 atom stereocenters. The molecule has 3 aromatic rings. The molecule has 9 heteroatoms. The number of sulfonamides is 1. The Morgan fingerprint density at radius 2 is 1.62 bits per heavy atom. The van der Waals surface area contributed by atoms with E-state index < -0.39 is 16.1 Å². The van der Waals surface area contributed by atoms with E-state index in [1.807, 2.05) is 68.4 Å². The van der Waals surface area contributed by atoms with Crippen LogP contribution in [-0.4, -0.2) is 57.6 Å². The smallest absolute Gasteiger partial charge is 0.242 e. The molecule has 0 fully saturated rings. The van der Waals surface area contributed by atoms with Crippen LogP contribution in [0, 0.1) is 6.92 Å². The molecule has 1 N–H and O–H groups in total. The molecular formula is C31H39N3O5S. The lowest BCUT2D eigenvalue weighted by Gasteiger charge is -2.31. The average Bonchev–Trinajstić information content (AvgIpc) is 2.93. The summed E-state index contributed by atoms with van der Waals surface area (Å²) in [6, 6.07) is 23.6. The van der Waals surface area contributed by atoms with Crippen molar-refractivity contribution >= 4 is 27.5 Å². The predicted octanol–water partition coefficient (Wildman–Crippen LogP) is 4.33. The van der Waals surface area contributed by atoms with E-state index in [0.29, 0.717) is 24.5 Å². The maximum Gasteiger partial charge on any atom is 0.242 e. The molecule has 214 valence electrons. The first-order valence-corrected chi connectivity index (χ1v) is 15.3. The summed E-state index contributed by atoms with van der Waals surface area (Å²) < 4.78 is 32.0. The number of hydrogen-bond acceptors (Lipinski definition) is 5. The molecular weight excluding hydrogens is 526 g/mol. The molecule has 0 aliphatic carbocycles. The molecule has 0 radical (unpaired) electrons. The number of nitrogens with zero attached hydrogens (tertiary/aromatic N) is 2. The number of carbonyl (C=O) groups excluding carboxylic acids is 2. The Hall–Kier alpha value is -3.85. The Bertz CT molecular complexity index is 1360. The average molecular weight is 566 g/mol. The zero-order valence-corrected chi connectivity index (χ0v) is 24.5. The summed E-state index contributed by atoms with van der Waals surface area (Å²) in [6.07, 6.45) is 1.88. The summed E-state index contributed by atoms with van der Waals surface area (Å²) in [5, 5.41) is 2.72. The van der Waals surface area contributed by atoms with Gasteiger partial charge in [-0.05, 0) is 55.7 Å². The van der Waals surface area contributed by atoms with Gasteiger partial charge in [0, 0.05) is 33.0 Å². The normalized spacial score (nSPS) is 11.9. The summed E-state index contributed by atoms with van der Waals surface area (Å²) in [5.41, 5.74) is 3.42. The lowest BCUT2D eigenvalue weighted by atomic mass is 10.0. The molecule has 3 aromatic carbocycles. The second kappa shape index (κ2) is 14.5. The fourth-order valence-electron chi connectivity index (χ4n) is 4.61. The van der Waals surface area contributed by atoms with E-state index in [4.69, 9.17) is 4.74 Å². The molecule has 0 spiro atoms. The van der Waals surface area contributed by atoms with E-state index in [-0.39, 0.29) is 37.7 Å². The molecule has 0 saturated carbocycles. The molecule has 0 aliphatic rings. The van der Waals surface area contributed by atoms with Crippen LogP contribution >= 0.6 is 0 Å². The van der Waals surface area contributed by atoms with E-state index in [0.717, 1.165) is 22.9 Å². The minimum absolute atomic E-state index is 0.0805. The predicted molar refractivity (Wildman–Crippen MR) is 159 cm³/mol. The molecule has 3 rings (SSSR count). The van der Waals surface area contributed by atoms with E-state index in [9.17, 15) is 18.0 Å². The molecule has 0 bridgehead atoms. The number of hydrogen-bond donors (Lipinski definition) is 1. The lowest BCUT2D eigenvalue weighted by Crippen LogP contribution is -2.49. The lowest BCUT2D eigenvalue weighted by molar-refractivity contribution is -0.141. The van der Waals surface area contributed by atoms with Gasteiger partial charge in [-0.25, -0.2) is 8.42 Å². The molecule has 40 heavy (non-hydrogen) atoms. The Morgan fingerprint density at radius 1 is 0.950 bits per heavy atom. The summed E-state index contributed by atoms with van der Waals surface area (Å²) in [6.45, 7) is 4.76. The third kappa shape index (κ3) is 8.84. The number of amides is 2. The van der Waals surface area contributed by atoms with Crippen molar-refractivity contribution in [3.05, 3.63) is 95.6 Å². The summed E-state index contributed by atoms with van der Waals surface area (Å²) in [5.74, 6) is 0.184. The van der Waals surface area contributed by atoms with Crippen LogP contribution in [0.25, 0.3) is 0 Å². The van der Waals surface area contributed by atoms with Crippen molar-refractivity contribution in [2.24, 2.45) is 0 Å². The second-order valence-corrected chi connectivity index (χ2v) is 11.6. The number of anilines is 1. The highest BCUT2D eigenvalue weighted by Gasteiger charge is 2.30. The van der Waals surface area contributed by atoms with Crippen LogP contribution in [0.3, 0.4) is 0 Å². The van der Waals surface area contributed by atoms with Crippen LogP contribution in [0.4, 0.5) is 5.69 Å². The number of rotatable bonds is 14. The Balaban J connectivity index is 1.82. The van der Waals surface area contributed by atoms with Crippen LogP contribution in [0.5, 0.6) is 5.75 Å². The van der Waals surface area contributed by atoms with Gasteiger partial charge in [-0.15, -0.1) is 0 Å². The zero-order valence-electron chi connectivity index (χ0n) is 23.7. The van der Waals surface area contributed by atoms with Crippen LogP contribution in [0.15, 0.2) is 78.9 Å². The van der Waals surface area contributed by atoms with Crippen molar-refractivity contribution in [1.82, 2.24) is 10.2 Å². The van der Waals surface area contributed by atoms with Gasteiger partial charge in [0.25, 0.3) is 0 Å². The van der Waals surface area contributed by atoms with Crippen molar-refractivity contribution in [1.29, 1.82) is 0 Å². The van der Waals surface area contributed by atoms with Gasteiger partial charge in [0.15, 0.2) is 0 Å². The fourth-order valence-corrected chi connectivity index (χ4v) is 5.57. The highest BCUT2D eigenvalue weighted by atomic mass is 32.2. The SMILES string of the molecule is CCOc1ccc(N(CCCC(=O)N(Cc2cccc(C)c2)C(Cc2ccccc2)C(=O)NC)S(C)(=O)=O)cc1. The number of carbonyl (C=O) groups is 2. The fraction of sp³-hybridized carbons (Fsp3) is 0.355. The van der Waals surface area contributed by atoms with Gasteiger partial charge in [-0.1, -0.05) is 60.2 Å². The monoisotopic (exact) mass is 565 g/mol. The Labute approximate surface area is 238 Å². The maximum atomic E-state index is 13.7. The highest BCUT2D eigenvalue weighted by molar-refractivity contribution is 7.92. The molecule has 0 aliphatic heterocycles. The molecule has 1 unspecified atom stereocenters. The molecule has 0 heterocycles. The quantitative estimate of drug-likeness (QED) is 0.314. The third-order valence-corrected chi connectivity index (χ3v) is 7.73. The summed E-state index contributed by atoms with van der Waals surface area (Å²) in [7, 11) is -2.02. The van der Waals surface area contributed by atoms with Gasteiger partial charge in [0.2, 0.25) is 21.8 Å². The van der Waals surface area contributed by atoms with Crippen LogP contribution in [0.1, 0.15) is 36.5 Å². The minimum atomic E-state index is -3.59. The first-order valence-electron chi connectivity index (χ1n) is 13.4. The third-order valence-electron chi connectivity index (χ3n) is 6.54. The van der Waals surface area contributed by atoms with Gasteiger partial charge < -0.3 is 15.0 Å². The van der Waals surface area contributed by atoms with E-state index in [1.165, 1.54) is 4.31 Å². The van der Waals surface area contributed by atoms with Crippen molar-refractivity contribution in [3.8, 4) is 5.75 Å². The molecule has 2 amide bonds. The Kier molecular flexibility index (Phi) is 11.1. The maximum absolute atomic E-state index is 13.7. The standard InChI is InChI=1S/C31H39N3O5S/c1-5-39-28-18-16-27(17-19-28)34(40(4,37)38)20-10-15-30(35)33(23-26-14-9-11-24(2)21-26)29(31(36)32-3)22-25-12-7-6-8-13-25/h6-9,11-14,16-19,21,29H,5,10,15,20,22-23H2,1-4H3,(H,32,36). The first kappa shape index (κ1) is 30.7. The number of ether oxygens (including phenoxy) is 1. The minimum Gasteiger partial charge on any atom is -0.494 e. The van der Waals surface area contributed by atoms with Gasteiger partial charge in [0.05, 0.1) is 18.6 Å². The number of aryl methyl sites for hydroxylation is 1. The van der Waals surface area contributed by atoms with Gasteiger partial charge in [-0.3, -0.25) is 13.9 Å². The Morgan fingerprint density at radius 3 is 2.23 bits per heavy atom. The van der Waals surface area contributed by atoms with Gasteiger partial charge >= 0.3 is 0 Å². The number of benzene rings is 3. The topological polar surface area (TPSA) is 96.0 Å². The first-order chi connectivity index (χ1) is 19.1. The van der Waals surface area contributed by atoms with Gasteiger partial charge in [0.1, 0.15) is 11.8 Å². The largest absolute Gasteiger partial charge is 0.494 e. The molecule has 0 saturated heterocycles. The summed E-state index contributed by atoms with van der Waals surface area (Å²) >= 11 is 0. The van der Waals surface area contributed by atoms with Crippen molar-refractivity contribution in [3.63, 3.8) is 0 Å². The van der Waals surface area contributed by atoms with Gasteiger partial charge in [-0.2, -0.15) is 0 Å². The van der Waals surface area contributed by atoms with Crippen molar-refractivity contribution in [2.75, 3.05) is 30.8 Å². The summed E-state index contributed by atoms with van der Waals surface area (Å²) in [4.78, 5) is 28.4. The van der Waals surface area contributed by atoms with Crippen LogP contribution in [0.2, 0.25) is 0 Å². The second-order valence-electron chi connectivity index (χ2n) is 9.70. The number of nitrogens with one attached hydrogen (secondary N) is 1. The van der Waals surface area contributed by atoms with E-state index in [2.05, 4.69) is 5.32 Å². The van der Waals surface area contributed by atoms with Crippen LogP contribution in [-0.2, 0) is 32.6 Å². The van der Waals surface area contributed by atoms with Crippen molar-refractivity contribution < 1.29 is 22.7 Å². The number of likely N-dealkylation sites (N-methyl/N-ethyl adjacent to an activating group) is 1.